The predicted molar refractivity (Wildman–Crippen MR) is 77.1 cm³/mol. The fourth-order valence-electron chi connectivity index (χ4n) is 3.36. The molecular formula is C14H18F3N3S. The van der Waals surface area contributed by atoms with Crippen LogP contribution in [0.2, 0.25) is 0 Å². The van der Waals surface area contributed by atoms with Gasteiger partial charge in [0, 0.05) is 4.88 Å². The average Bonchev–Trinajstić information content (AvgIpc) is 3.03. The first-order valence-electron chi connectivity index (χ1n) is 7.07. The van der Waals surface area contributed by atoms with E-state index in [1.54, 1.807) is 11.3 Å². The lowest BCUT2D eigenvalue weighted by Gasteiger charge is -2.44. The monoisotopic (exact) mass is 317 g/mol. The van der Waals surface area contributed by atoms with Crippen LogP contribution in [0.1, 0.15) is 30.6 Å². The fourth-order valence-corrected chi connectivity index (χ4v) is 4.05. The van der Waals surface area contributed by atoms with Gasteiger partial charge >= 0.3 is 6.18 Å². The molecule has 0 aromatic carbocycles. The Balaban J connectivity index is 1.73. The molecule has 1 aromatic rings. The summed E-state index contributed by atoms with van der Waals surface area (Å²) >= 11 is 1.63. The maximum Gasteiger partial charge on any atom is 0.391 e. The van der Waals surface area contributed by atoms with E-state index in [1.165, 1.54) is 0 Å². The topological polar surface area (TPSA) is 41.6 Å². The van der Waals surface area contributed by atoms with Crippen LogP contribution < -0.4 is 5.73 Å². The minimum atomic E-state index is -4.08. The highest BCUT2D eigenvalue weighted by Crippen LogP contribution is 2.45. The van der Waals surface area contributed by atoms with Crippen LogP contribution in [0, 0.1) is 5.92 Å². The summed E-state index contributed by atoms with van der Waals surface area (Å²) in [4.78, 5) is 7.48. The number of thiophene rings is 1. The second kappa shape index (κ2) is 5.19. The molecule has 0 atom stereocenters. The number of halogens is 3. The molecule has 3 nitrogen and oxygen atoms in total. The lowest BCUT2D eigenvalue weighted by molar-refractivity contribution is -0.186. The van der Waals surface area contributed by atoms with Crippen molar-refractivity contribution >= 4 is 17.3 Å². The molecule has 1 aliphatic carbocycles. The zero-order valence-corrected chi connectivity index (χ0v) is 12.4. The van der Waals surface area contributed by atoms with Crippen LogP contribution in [0.5, 0.6) is 0 Å². The van der Waals surface area contributed by atoms with Crippen LogP contribution in [0.15, 0.2) is 22.5 Å². The number of hydrogen-bond donors (Lipinski definition) is 1. The smallest absolute Gasteiger partial charge is 0.370 e. The number of nitrogens with two attached hydrogens (primary N) is 1. The van der Waals surface area contributed by atoms with Gasteiger partial charge < -0.3 is 10.6 Å². The number of guanidine groups is 1. The molecule has 21 heavy (non-hydrogen) atoms. The van der Waals surface area contributed by atoms with Crippen LogP contribution in [0.3, 0.4) is 0 Å². The van der Waals surface area contributed by atoms with E-state index < -0.39 is 12.1 Å². The van der Waals surface area contributed by atoms with E-state index in [2.05, 4.69) is 4.99 Å². The Morgan fingerprint density at radius 2 is 2.10 bits per heavy atom. The van der Waals surface area contributed by atoms with Gasteiger partial charge in [-0.15, -0.1) is 11.3 Å². The van der Waals surface area contributed by atoms with Gasteiger partial charge in [-0.1, -0.05) is 6.07 Å². The van der Waals surface area contributed by atoms with Crippen LogP contribution >= 0.6 is 11.3 Å². The quantitative estimate of drug-likeness (QED) is 0.908. The molecule has 3 rings (SSSR count). The Bertz CT molecular complexity index is 516. The number of rotatable bonds is 2. The Labute approximate surface area is 125 Å². The van der Waals surface area contributed by atoms with Crippen molar-refractivity contribution in [1.82, 2.24) is 4.90 Å². The van der Waals surface area contributed by atoms with E-state index in [4.69, 9.17) is 5.73 Å². The summed E-state index contributed by atoms with van der Waals surface area (Å²) in [5.74, 6) is -0.706. The highest BCUT2D eigenvalue weighted by atomic mass is 32.1. The van der Waals surface area contributed by atoms with Crippen molar-refractivity contribution < 1.29 is 13.2 Å². The number of alkyl halides is 3. The summed E-state index contributed by atoms with van der Waals surface area (Å²) in [6.45, 7) is 1.17. The Morgan fingerprint density at radius 1 is 1.38 bits per heavy atom. The lowest BCUT2D eigenvalue weighted by atomic mass is 9.75. The summed E-state index contributed by atoms with van der Waals surface area (Å²) in [7, 11) is 0. The van der Waals surface area contributed by atoms with E-state index in [0.717, 1.165) is 4.88 Å². The van der Waals surface area contributed by atoms with Gasteiger partial charge in [0.1, 0.15) is 0 Å². The second-order valence-corrected chi connectivity index (χ2v) is 6.91. The maximum absolute atomic E-state index is 12.8. The Hall–Kier alpha value is -1.24. The van der Waals surface area contributed by atoms with Gasteiger partial charge in [0.25, 0.3) is 0 Å². The first-order chi connectivity index (χ1) is 9.91. The van der Waals surface area contributed by atoms with Gasteiger partial charge in [-0.25, -0.2) is 0 Å². The van der Waals surface area contributed by atoms with Crippen LogP contribution in [-0.4, -0.2) is 29.1 Å². The van der Waals surface area contributed by atoms with Crippen LogP contribution in [0.4, 0.5) is 13.2 Å². The molecule has 0 radical (unpaired) electrons. The third-order valence-corrected chi connectivity index (χ3v) is 5.52. The summed E-state index contributed by atoms with van der Waals surface area (Å²) < 4.78 is 38.5. The van der Waals surface area contributed by atoms with E-state index in [-0.39, 0.29) is 18.4 Å². The highest BCUT2D eigenvalue weighted by molar-refractivity contribution is 7.09. The molecule has 0 saturated heterocycles. The zero-order chi connectivity index (χ0) is 15.1. The molecule has 116 valence electrons. The molecule has 1 spiro atoms. The van der Waals surface area contributed by atoms with Crippen molar-refractivity contribution in [1.29, 1.82) is 0 Å². The highest BCUT2D eigenvalue weighted by Gasteiger charge is 2.50. The summed E-state index contributed by atoms with van der Waals surface area (Å²) in [5, 5.41) is 1.99. The van der Waals surface area contributed by atoms with E-state index in [1.807, 2.05) is 22.4 Å². The summed E-state index contributed by atoms with van der Waals surface area (Å²) in [6, 6.07) is 3.99. The predicted octanol–water partition coefficient (Wildman–Crippen LogP) is 3.37. The van der Waals surface area contributed by atoms with Gasteiger partial charge in [0.05, 0.1) is 24.5 Å². The molecule has 0 unspecified atom stereocenters. The average molecular weight is 317 g/mol. The Morgan fingerprint density at radius 3 is 2.67 bits per heavy atom. The van der Waals surface area contributed by atoms with Crippen molar-refractivity contribution in [2.24, 2.45) is 16.6 Å². The molecule has 1 saturated carbocycles. The largest absolute Gasteiger partial charge is 0.391 e. The molecule has 0 amide bonds. The lowest BCUT2D eigenvalue weighted by Crippen LogP contribution is -2.53. The van der Waals surface area contributed by atoms with Crippen molar-refractivity contribution in [3.05, 3.63) is 22.4 Å². The van der Waals surface area contributed by atoms with E-state index in [0.29, 0.717) is 31.9 Å². The third-order valence-electron chi connectivity index (χ3n) is 4.66. The third kappa shape index (κ3) is 2.75. The van der Waals surface area contributed by atoms with E-state index in [9.17, 15) is 13.2 Å². The molecule has 1 aliphatic heterocycles. The van der Waals surface area contributed by atoms with E-state index >= 15 is 0 Å². The van der Waals surface area contributed by atoms with Crippen molar-refractivity contribution in [2.45, 2.75) is 43.9 Å². The number of aliphatic imine (C=N–C) groups is 1. The molecule has 0 bridgehead atoms. The molecule has 2 heterocycles. The maximum atomic E-state index is 12.8. The first kappa shape index (κ1) is 14.7. The molecule has 1 fully saturated rings. The van der Waals surface area contributed by atoms with Gasteiger partial charge in [-0.05, 0) is 37.1 Å². The molecule has 1 aromatic heterocycles. The molecular weight excluding hydrogens is 299 g/mol. The number of hydrogen-bond acceptors (Lipinski definition) is 4. The number of nitrogens with zero attached hydrogens (tertiary/aromatic N) is 2. The fraction of sp³-hybridized carbons (Fsp3) is 0.643. The van der Waals surface area contributed by atoms with Gasteiger partial charge in [-0.2, -0.15) is 13.2 Å². The van der Waals surface area contributed by atoms with Gasteiger partial charge in [0.2, 0.25) is 0 Å². The normalized spacial score (nSPS) is 30.0. The van der Waals surface area contributed by atoms with Crippen LogP contribution in [-0.2, 0) is 6.54 Å². The zero-order valence-electron chi connectivity index (χ0n) is 11.6. The Kier molecular flexibility index (Phi) is 3.63. The summed E-state index contributed by atoms with van der Waals surface area (Å²) in [6.07, 6.45) is -2.72. The van der Waals surface area contributed by atoms with Gasteiger partial charge in [-0.3, -0.25) is 4.99 Å². The van der Waals surface area contributed by atoms with Crippen LogP contribution in [0.25, 0.3) is 0 Å². The minimum Gasteiger partial charge on any atom is -0.370 e. The molecule has 2 N–H and O–H groups in total. The standard InChI is InChI=1S/C14H18F3N3S/c15-14(16,17)10-3-5-13(6-4-10)9-19-12(18)20(13)8-11-2-1-7-21-11/h1-2,7,10H,3-6,8-9H2,(H2,18,19). The molecule has 7 heteroatoms. The van der Waals surface area contributed by atoms with Crippen molar-refractivity contribution in [3.63, 3.8) is 0 Å². The summed E-state index contributed by atoms with van der Waals surface area (Å²) in [5.41, 5.74) is 5.67. The minimum absolute atomic E-state index is 0.174. The second-order valence-electron chi connectivity index (χ2n) is 5.88. The van der Waals surface area contributed by atoms with Crippen molar-refractivity contribution in [2.75, 3.05) is 6.54 Å². The van der Waals surface area contributed by atoms with Crippen molar-refractivity contribution in [3.8, 4) is 0 Å². The van der Waals surface area contributed by atoms with Gasteiger partial charge in [0.15, 0.2) is 5.96 Å². The first-order valence-corrected chi connectivity index (χ1v) is 7.95. The molecule has 2 aliphatic rings. The SMILES string of the molecule is NC1=NCC2(CCC(C(F)(F)F)CC2)N1Cc1cccs1.